The predicted octanol–water partition coefficient (Wildman–Crippen LogP) is 0.467. The molecule has 0 aromatic rings. The molecule has 1 N–H and O–H groups in total. The van der Waals surface area contributed by atoms with Gasteiger partial charge in [-0.2, -0.15) is 0 Å². The van der Waals surface area contributed by atoms with E-state index in [9.17, 15) is 8.42 Å². The molecule has 1 fully saturated rings. The van der Waals surface area contributed by atoms with Crippen molar-refractivity contribution in [1.82, 2.24) is 4.72 Å². The molecule has 5 nitrogen and oxygen atoms in total. The molecule has 0 aromatic heterocycles. The second-order valence-corrected chi connectivity index (χ2v) is 5.48. The fourth-order valence-corrected chi connectivity index (χ4v) is 2.58. The maximum atomic E-state index is 11.5. The molecule has 1 aliphatic carbocycles. The van der Waals surface area contributed by atoms with Crippen molar-refractivity contribution in [3.63, 3.8) is 0 Å². The van der Waals surface area contributed by atoms with Crippen LogP contribution in [0.5, 0.6) is 0 Å². The first-order valence-corrected chi connectivity index (χ1v) is 6.86. The monoisotopic (exact) mass is 237 g/mol. The van der Waals surface area contributed by atoms with Gasteiger partial charge in [0.05, 0.1) is 11.8 Å². The minimum Gasteiger partial charge on any atom is -0.352 e. The van der Waals surface area contributed by atoms with E-state index in [1.165, 1.54) is 0 Å². The highest BCUT2D eigenvalue weighted by molar-refractivity contribution is 7.90. The Kier molecular flexibility index (Phi) is 4.98. The average molecular weight is 237 g/mol. The van der Waals surface area contributed by atoms with E-state index in [0.29, 0.717) is 13.2 Å². The minimum absolute atomic E-state index is 0.193. The lowest BCUT2D eigenvalue weighted by Crippen LogP contribution is -2.37. The lowest BCUT2D eigenvalue weighted by Gasteiger charge is -2.17. The van der Waals surface area contributed by atoms with Crippen LogP contribution < -0.4 is 4.72 Å². The van der Waals surface area contributed by atoms with Gasteiger partial charge in [0, 0.05) is 13.2 Å². The first-order chi connectivity index (χ1) is 7.10. The van der Waals surface area contributed by atoms with Crippen molar-refractivity contribution < 1.29 is 17.9 Å². The van der Waals surface area contributed by atoms with Crippen LogP contribution in [0.15, 0.2) is 0 Å². The predicted molar refractivity (Wildman–Crippen MR) is 57.0 cm³/mol. The Morgan fingerprint density at radius 1 is 1.27 bits per heavy atom. The Bertz CT molecular complexity index is 268. The molecular formula is C9H19NO4S. The fourth-order valence-electron chi connectivity index (χ4n) is 1.22. The van der Waals surface area contributed by atoms with Gasteiger partial charge >= 0.3 is 0 Å². The zero-order valence-corrected chi connectivity index (χ0v) is 10.0. The average Bonchev–Trinajstić information content (AvgIpc) is 2.98. The van der Waals surface area contributed by atoms with Crippen molar-refractivity contribution in [2.45, 2.75) is 38.2 Å². The lowest BCUT2D eigenvalue weighted by molar-refractivity contribution is -0.130. The summed E-state index contributed by atoms with van der Waals surface area (Å²) in [5.74, 6) is 0. The van der Waals surface area contributed by atoms with Gasteiger partial charge in [-0.15, -0.1) is 0 Å². The standard InChI is InChI=1S/C9H19NO4S/c1-3-13-9(14-4-2)7-10-15(11,12)8-5-6-8/h8-10H,3-7H2,1-2H3. The smallest absolute Gasteiger partial charge is 0.214 e. The van der Waals surface area contributed by atoms with E-state index in [1.54, 1.807) is 0 Å². The molecule has 6 heteroatoms. The van der Waals surface area contributed by atoms with Gasteiger partial charge in [0.1, 0.15) is 0 Å². The Labute approximate surface area is 91.2 Å². The van der Waals surface area contributed by atoms with Crippen molar-refractivity contribution in [2.75, 3.05) is 19.8 Å². The Morgan fingerprint density at radius 2 is 1.80 bits per heavy atom. The van der Waals surface area contributed by atoms with E-state index in [2.05, 4.69) is 4.72 Å². The molecule has 0 amide bonds. The summed E-state index contributed by atoms with van der Waals surface area (Å²) in [5, 5.41) is -0.193. The summed E-state index contributed by atoms with van der Waals surface area (Å²) < 4.78 is 35.9. The van der Waals surface area contributed by atoms with E-state index in [4.69, 9.17) is 9.47 Å². The highest BCUT2D eigenvalue weighted by atomic mass is 32.2. The van der Waals surface area contributed by atoms with Crippen LogP contribution in [-0.4, -0.2) is 39.7 Å². The van der Waals surface area contributed by atoms with Crippen LogP contribution in [-0.2, 0) is 19.5 Å². The molecule has 0 spiro atoms. The highest BCUT2D eigenvalue weighted by Gasteiger charge is 2.35. The van der Waals surface area contributed by atoms with E-state index >= 15 is 0 Å². The van der Waals surface area contributed by atoms with Crippen molar-refractivity contribution in [1.29, 1.82) is 0 Å². The zero-order valence-electron chi connectivity index (χ0n) is 9.23. The van der Waals surface area contributed by atoms with E-state index in [1.807, 2.05) is 13.8 Å². The number of hydrogen-bond donors (Lipinski definition) is 1. The van der Waals surface area contributed by atoms with E-state index < -0.39 is 16.3 Å². The molecule has 0 aliphatic heterocycles. The summed E-state index contributed by atoms with van der Waals surface area (Å²) in [5.41, 5.74) is 0. The quantitative estimate of drug-likeness (QED) is 0.623. The van der Waals surface area contributed by atoms with Crippen molar-refractivity contribution in [3.05, 3.63) is 0 Å². The maximum Gasteiger partial charge on any atom is 0.214 e. The Balaban J connectivity index is 2.31. The minimum atomic E-state index is -3.13. The van der Waals surface area contributed by atoms with E-state index in [0.717, 1.165) is 12.8 Å². The molecule has 0 unspecified atom stereocenters. The van der Waals surface area contributed by atoms with Gasteiger partial charge in [0.2, 0.25) is 10.0 Å². The van der Waals surface area contributed by atoms with Crippen LogP contribution in [0.4, 0.5) is 0 Å². The zero-order chi connectivity index (χ0) is 11.3. The fraction of sp³-hybridized carbons (Fsp3) is 1.00. The van der Waals surface area contributed by atoms with Crippen molar-refractivity contribution >= 4 is 10.0 Å². The van der Waals surface area contributed by atoms with Crippen LogP contribution in [0.2, 0.25) is 0 Å². The second kappa shape index (κ2) is 5.79. The summed E-state index contributed by atoms with van der Waals surface area (Å²) in [4.78, 5) is 0. The highest BCUT2D eigenvalue weighted by Crippen LogP contribution is 2.27. The number of nitrogens with one attached hydrogen (secondary N) is 1. The van der Waals surface area contributed by atoms with Crippen LogP contribution in [0.1, 0.15) is 26.7 Å². The van der Waals surface area contributed by atoms with Crippen LogP contribution in [0, 0.1) is 0 Å². The number of sulfonamides is 1. The number of hydrogen-bond acceptors (Lipinski definition) is 4. The lowest BCUT2D eigenvalue weighted by atomic mass is 10.6. The van der Waals surface area contributed by atoms with Gasteiger partial charge in [0.15, 0.2) is 6.29 Å². The summed E-state index contributed by atoms with van der Waals surface area (Å²) in [6, 6.07) is 0. The molecule has 90 valence electrons. The molecule has 15 heavy (non-hydrogen) atoms. The van der Waals surface area contributed by atoms with Gasteiger partial charge in [0.25, 0.3) is 0 Å². The Morgan fingerprint density at radius 3 is 2.20 bits per heavy atom. The molecule has 1 rings (SSSR count). The summed E-state index contributed by atoms with van der Waals surface area (Å²) in [6.07, 6.45) is 1.06. The molecular weight excluding hydrogens is 218 g/mol. The van der Waals surface area contributed by atoms with Crippen molar-refractivity contribution in [2.24, 2.45) is 0 Å². The van der Waals surface area contributed by atoms with Crippen LogP contribution >= 0.6 is 0 Å². The third-order valence-electron chi connectivity index (χ3n) is 2.12. The molecule has 0 radical (unpaired) electrons. The van der Waals surface area contributed by atoms with Gasteiger partial charge in [-0.1, -0.05) is 0 Å². The van der Waals surface area contributed by atoms with Gasteiger partial charge in [-0.05, 0) is 26.7 Å². The largest absolute Gasteiger partial charge is 0.352 e. The van der Waals surface area contributed by atoms with Crippen LogP contribution in [0.3, 0.4) is 0 Å². The number of ether oxygens (including phenoxy) is 2. The normalized spacial score (nSPS) is 17.3. The molecule has 0 atom stereocenters. The van der Waals surface area contributed by atoms with Gasteiger partial charge < -0.3 is 9.47 Å². The first-order valence-electron chi connectivity index (χ1n) is 5.31. The van der Waals surface area contributed by atoms with Gasteiger partial charge in [-0.25, -0.2) is 13.1 Å². The molecule has 1 aliphatic rings. The Hall–Kier alpha value is -0.170. The van der Waals surface area contributed by atoms with Gasteiger partial charge in [-0.3, -0.25) is 0 Å². The maximum absolute atomic E-state index is 11.5. The third kappa shape index (κ3) is 4.46. The molecule has 1 saturated carbocycles. The second-order valence-electron chi connectivity index (χ2n) is 3.43. The molecule has 0 saturated heterocycles. The molecule has 0 bridgehead atoms. The van der Waals surface area contributed by atoms with Crippen LogP contribution in [0.25, 0.3) is 0 Å². The molecule has 0 heterocycles. The topological polar surface area (TPSA) is 64.6 Å². The summed E-state index contributed by atoms with van der Waals surface area (Å²) in [6.45, 7) is 4.91. The van der Waals surface area contributed by atoms with Crippen molar-refractivity contribution in [3.8, 4) is 0 Å². The summed E-state index contributed by atoms with van der Waals surface area (Å²) >= 11 is 0. The summed E-state index contributed by atoms with van der Waals surface area (Å²) in [7, 11) is -3.13. The number of rotatable bonds is 8. The first kappa shape index (κ1) is 12.9. The van der Waals surface area contributed by atoms with E-state index in [-0.39, 0.29) is 11.8 Å². The SMILES string of the molecule is CCOC(CNS(=O)(=O)C1CC1)OCC. The molecule has 0 aromatic carbocycles. The third-order valence-corrected chi connectivity index (χ3v) is 4.04.